The lowest BCUT2D eigenvalue weighted by molar-refractivity contribution is 0.00764. The molecule has 4 nitrogen and oxygen atoms in total. The molecule has 2 atom stereocenters. The molecule has 130 valence electrons. The molecule has 0 amide bonds. The van der Waals surface area contributed by atoms with Gasteiger partial charge in [-0.25, -0.2) is 9.59 Å². The van der Waals surface area contributed by atoms with Crippen LogP contribution in [-0.4, -0.2) is 24.1 Å². The van der Waals surface area contributed by atoms with E-state index in [1.54, 1.807) is 68.5 Å². The van der Waals surface area contributed by atoms with Crippen LogP contribution in [0.2, 0.25) is 0 Å². The van der Waals surface area contributed by atoms with Crippen molar-refractivity contribution in [1.29, 1.82) is 0 Å². The van der Waals surface area contributed by atoms with Gasteiger partial charge in [-0.05, 0) is 43.7 Å². The summed E-state index contributed by atoms with van der Waals surface area (Å²) in [6.45, 7) is 7.24. The van der Waals surface area contributed by atoms with Gasteiger partial charge in [0.05, 0.1) is 11.1 Å². The summed E-state index contributed by atoms with van der Waals surface area (Å²) in [6, 6.07) is 15.8. The molecule has 0 radical (unpaired) electrons. The van der Waals surface area contributed by atoms with E-state index in [1.165, 1.54) is 0 Å². The average molecular weight is 338 g/mol. The highest BCUT2D eigenvalue weighted by Gasteiger charge is 2.18. The first kappa shape index (κ1) is 18.5. The molecule has 0 aromatic heterocycles. The molecule has 0 spiro atoms. The lowest BCUT2D eigenvalue weighted by Crippen LogP contribution is -2.23. The number of carbonyl (C=O) groups is 2. The molecular formula is C21H22O4. The Morgan fingerprint density at radius 3 is 1.84 bits per heavy atom. The Kier molecular flexibility index (Phi) is 6.52. The zero-order valence-corrected chi connectivity index (χ0v) is 14.5. The molecule has 0 aliphatic heterocycles. The molecule has 2 rings (SSSR count). The van der Waals surface area contributed by atoms with Crippen molar-refractivity contribution >= 4 is 18.0 Å². The zero-order chi connectivity index (χ0) is 18.2. The number of esters is 2. The van der Waals surface area contributed by atoms with Crippen LogP contribution in [0, 0.1) is 0 Å². The van der Waals surface area contributed by atoms with E-state index in [0.29, 0.717) is 17.5 Å². The fraction of sp³-hybridized carbons (Fsp3) is 0.238. The Morgan fingerprint density at radius 2 is 1.36 bits per heavy atom. The van der Waals surface area contributed by atoms with Gasteiger partial charge in [0.2, 0.25) is 0 Å². The summed E-state index contributed by atoms with van der Waals surface area (Å²) in [5.74, 6) is -0.781. The van der Waals surface area contributed by atoms with Crippen LogP contribution in [0.1, 0.15) is 46.5 Å². The fourth-order valence-electron chi connectivity index (χ4n) is 2.39. The van der Waals surface area contributed by atoms with Crippen molar-refractivity contribution in [3.8, 4) is 0 Å². The Bertz CT molecular complexity index is 719. The van der Waals surface area contributed by atoms with Gasteiger partial charge in [0.1, 0.15) is 12.2 Å². The normalized spacial score (nSPS) is 12.7. The van der Waals surface area contributed by atoms with Gasteiger partial charge >= 0.3 is 11.9 Å². The smallest absolute Gasteiger partial charge is 0.338 e. The molecule has 0 saturated carbocycles. The van der Waals surface area contributed by atoms with Crippen molar-refractivity contribution in [2.45, 2.75) is 32.5 Å². The summed E-state index contributed by atoms with van der Waals surface area (Å²) in [5, 5.41) is 0. The maximum absolute atomic E-state index is 12.1. The van der Waals surface area contributed by atoms with Gasteiger partial charge in [-0.2, -0.15) is 0 Å². The predicted molar refractivity (Wildman–Crippen MR) is 97.3 cm³/mol. The van der Waals surface area contributed by atoms with Crippen LogP contribution in [0.4, 0.5) is 0 Å². The van der Waals surface area contributed by atoms with E-state index in [2.05, 4.69) is 6.58 Å². The minimum absolute atomic E-state index is 0.362. The average Bonchev–Trinajstić information content (AvgIpc) is 2.62. The Hall–Kier alpha value is -2.88. The van der Waals surface area contributed by atoms with E-state index in [1.807, 2.05) is 6.07 Å². The van der Waals surface area contributed by atoms with Gasteiger partial charge < -0.3 is 9.47 Å². The second-order valence-electron chi connectivity index (χ2n) is 5.86. The maximum atomic E-state index is 12.1. The van der Waals surface area contributed by atoms with E-state index in [-0.39, 0.29) is 18.2 Å². The summed E-state index contributed by atoms with van der Waals surface area (Å²) in [4.78, 5) is 24.1. The first-order chi connectivity index (χ1) is 12.0. The number of ether oxygens (including phenoxy) is 2. The topological polar surface area (TPSA) is 52.6 Å². The van der Waals surface area contributed by atoms with Gasteiger partial charge in [-0.15, -0.1) is 0 Å². The van der Waals surface area contributed by atoms with E-state index < -0.39 is 5.97 Å². The van der Waals surface area contributed by atoms with Crippen molar-refractivity contribution in [2.75, 3.05) is 0 Å². The second-order valence-corrected chi connectivity index (χ2v) is 5.86. The minimum Gasteiger partial charge on any atom is -0.459 e. The third kappa shape index (κ3) is 5.60. The molecule has 0 aliphatic carbocycles. The van der Waals surface area contributed by atoms with Crippen LogP contribution < -0.4 is 0 Å². The van der Waals surface area contributed by atoms with Crippen molar-refractivity contribution in [2.24, 2.45) is 0 Å². The van der Waals surface area contributed by atoms with Gasteiger partial charge in [0, 0.05) is 6.42 Å². The van der Waals surface area contributed by atoms with Crippen molar-refractivity contribution in [1.82, 2.24) is 0 Å². The monoisotopic (exact) mass is 338 g/mol. The Balaban J connectivity index is 1.84. The third-order valence-corrected chi connectivity index (χ3v) is 3.67. The third-order valence-electron chi connectivity index (χ3n) is 3.67. The van der Waals surface area contributed by atoms with E-state index in [4.69, 9.17) is 9.47 Å². The zero-order valence-electron chi connectivity index (χ0n) is 14.5. The van der Waals surface area contributed by atoms with E-state index in [9.17, 15) is 9.59 Å². The molecule has 25 heavy (non-hydrogen) atoms. The summed E-state index contributed by atoms with van der Waals surface area (Å²) in [7, 11) is 0. The molecule has 0 saturated heterocycles. The second kappa shape index (κ2) is 8.83. The molecule has 0 bridgehead atoms. The Morgan fingerprint density at radius 1 is 0.880 bits per heavy atom. The van der Waals surface area contributed by atoms with Crippen molar-refractivity contribution < 1.29 is 19.1 Å². The van der Waals surface area contributed by atoms with Gasteiger partial charge in [-0.1, -0.05) is 43.0 Å². The van der Waals surface area contributed by atoms with Crippen LogP contribution in [0.3, 0.4) is 0 Å². The largest absolute Gasteiger partial charge is 0.459 e. The highest BCUT2D eigenvalue weighted by Crippen LogP contribution is 2.13. The first-order valence-electron chi connectivity index (χ1n) is 8.19. The first-order valence-corrected chi connectivity index (χ1v) is 8.19. The quantitative estimate of drug-likeness (QED) is 0.697. The summed E-state index contributed by atoms with van der Waals surface area (Å²) >= 11 is 0. The number of hydrogen-bond acceptors (Lipinski definition) is 4. The Labute approximate surface area is 148 Å². The number of rotatable bonds is 7. The summed E-state index contributed by atoms with van der Waals surface area (Å²) < 4.78 is 10.8. The molecular weight excluding hydrogens is 316 g/mol. The number of carbonyl (C=O) groups excluding carboxylic acids is 2. The fourth-order valence-corrected chi connectivity index (χ4v) is 2.39. The highest BCUT2D eigenvalue weighted by molar-refractivity contribution is 5.90. The van der Waals surface area contributed by atoms with Crippen LogP contribution in [0.15, 0.2) is 61.2 Å². The molecule has 2 aromatic rings. The number of hydrogen-bond donors (Lipinski definition) is 0. The summed E-state index contributed by atoms with van der Waals surface area (Å²) in [5.41, 5.74) is 1.92. The lowest BCUT2D eigenvalue weighted by atomic mass is 10.1. The van der Waals surface area contributed by atoms with E-state index in [0.717, 1.165) is 5.56 Å². The van der Waals surface area contributed by atoms with Crippen molar-refractivity contribution in [3.05, 3.63) is 77.9 Å². The standard InChI is InChI=1S/C21H22O4/c1-4-17-10-12-19(13-11-17)21(23)25-16(3)14-15(2)24-20(22)18-8-6-5-7-9-18/h4-13,15-16H,1,14H2,2-3H3. The molecule has 2 unspecified atom stereocenters. The van der Waals surface area contributed by atoms with Crippen molar-refractivity contribution in [3.63, 3.8) is 0 Å². The predicted octanol–water partition coefficient (Wildman–Crippen LogP) is 4.51. The molecule has 2 aromatic carbocycles. The van der Waals surface area contributed by atoms with Crippen LogP contribution in [0.25, 0.3) is 6.08 Å². The van der Waals surface area contributed by atoms with Crippen LogP contribution >= 0.6 is 0 Å². The highest BCUT2D eigenvalue weighted by atomic mass is 16.6. The molecule has 0 fully saturated rings. The van der Waals surface area contributed by atoms with Gasteiger partial charge in [-0.3, -0.25) is 0 Å². The van der Waals surface area contributed by atoms with Gasteiger partial charge in [0.15, 0.2) is 0 Å². The lowest BCUT2D eigenvalue weighted by Gasteiger charge is -2.18. The minimum atomic E-state index is -0.398. The summed E-state index contributed by atoms with van der Waals surface area (Å²) in [6.07, 6.45) is 1.40. The molecule has 0 heterocycles. The number of benzene rings is 2. The van der Waals surface area contributed by atoms with Gasteiger partial charge in [0.25, 0.3) is 0 Å². The SMILES string of the molecule is C=Cc1ccc(C(=O)OC(C)CC(C)OC(=O)c2ccccc2)cc1. The van der Waals surface area contributed by atoms with Crippen LogP contribution in [0.5, 0.6) is 0 Å². The van der Waals surface area contributed by atoms with Crippen LogP contribution in [-0.2, 0) is 9.47 Å². The van der Waals surface area contributed by atoms with E-state index >= 15 is 0 Å². The molecule has 0 N–H and O–H groups in total. The molecule has 0 aliphatic rings. The molecule has 4 heteroatoms. The maximum Gasteiger partial charge on any atom is 0.338 e.